The largest absolute Gasteiger partial charge is 0.465 e. The molecule has 1 heterocycles. The quantitative estimate of drug-likeness (QED) is 0.663. The summed E-state index contributed by atoms with van der Waals surface area (Å²) in [4.78, 5) is 39.4. The number of hydrogen-bond acceptors (Lipinski definition) is 6. The molecule has 0 aliphatic heterocycles. The zero-order valence-corrected chi connectivity index (χ0v) is 14.4. The van der Waals surface area contributed by atoms with Crippen molar-refractivity contribution in [2.75, 3.05) is 19.5 Å². The van der Waals surface area contributed by atoms with Gasteiger partial charge in [0.25, 0.3) is 0 Å². The van der Waals surface area contributed by atoms with Crippen molar-refractivity contribution in [1.82, 2.24) is 4.98 Å². The van der Waals surface area contributed by atoms with E-state index in [0.717, 1.165) is 0 Å². The SMILES string of the molecule is COC(=O)c1c(C)nc(C)c(C(=O)OC)c1-c1ccc(NC=O)cc1. The summed E-state index contributed by atoms with van der Waals surface area (Å²) in [6.07, 6.45) is 0.565. The van der Waals surface area contributed by atoms with Gasteiger partial charge in [0.05, 0.1) is 36.7 Å². The van der Waals surface area contributed by atoms with Gasteiger partial charge in [0.1, 0.15) is 0 Å². The van der Waals surface area contributed by atoms with Crippen molar-refractivity contribution >= 4 is 24.0 Å². The molecule has 7 heteroatoms. The van der Waals surface area contributed by atoms with Gasteiger partial charge >= 0.3 is 11.9 Å². The molecule has 0 radical (unpaired) electrons. The molecule has 1 amide bonds. The lowest BCUT2D eigenvalue weighted by molar-refractivity contribution is -0.105. The summed E-state index contributed by atoms with van der Waals surface area (Å²) < 4.78 is 9.72. The number of esters is 2. The Morgan fingerprint density at radius 3 is 1.84 bits per heavy atom. The molecule has 0 bridgehead atoms. The van der Waals surface area contributed by atoms with Crippen LogP contribution in [0.1, 0.15) is 32.1 Å². The highest BCUT2D eigenvalue weighted by molar-refractivity contribution is 6.07. The number of aromatic nitrogens is 1. The Labute approximate surface area is 145 Å². The summed E-state index contributed by atoms with van der Waals surface area (Å²) in [5.41, 5.74) is 2.87. The van der Waals surface area contributed by atoms with E-state index < -0.39 is 11.9 Å². The van der Waals surface area contributed by atoms with E-state index in [1.807, 2.05) is 0 Å². The summed E-state index contributed by atoms with van der Waals surface area (Å²) in [6, 6.07) is 6.71. The van der Waals surface area contributed by atoms with Crippen molar-refractivity contribution in [1.29, 1.82) is 0 Å². The van der Waals surface area contributed by atoms with Crippen LogP contribution in [0.2, 0.25) is 0 Å². The van der Waals surface area contributed by atoms with Crippen LogP contribution in [0.4, 0.5) is 5.69 Å². The highest BCUT2D eigenvalue weighted by atomic mass is 16.5. The van der Waals surface area contributed by atoms with Gasteiger partial charge in [0.2, 0.25) is 6.41 Å². The van der Waals surface area contributed by atoms with E-state index in [1.165, 1.54) is 14.2 Å². The minimum Gasteiger partial charge on any atom is -0.465 e. The number of benzene rings is 1. The van der Waals surface area contributed by atoms with Crippen LogP contribution in [0, 0.1) is 13.8 Å². The number of carbonyl (C=O) groups is 3. The summed E-state index contributed by atoms with van der Waals surface area (Å²) in [7, 11) is 2.53. The molecule has 130 valence electrons. The first-order chi connectivity index (χ1) is 11.9. The van der Waals surface area contributed by atoms with Gasteiger partial charge in [-0.2, -0.15) is 0 Å². The molecule has 0 spiro atoms. The zero-order valence-electron chi connectivity index (χ0n) is 14.4. The van der Waals surface area contributed by atoms with E-state index in [2.05, 4.69) is 10.3 Å². The molecule has 1 aromatic carbocycles. The van der Waals surface area contributed by atoms with E-state index >= 15 is 0 Å². The Morgan fingerprint density at radius 2 is 1.44 bits per heavy atom. The van der Waals surface area contributed by atoms with Crippen molar-refractivity contribution in [3.8, 4) is 11.1 Å². The lowest BCUT2D eigenvalue weighted by Crippen LogP contribution is -2.16. The molecule has 0 aliphatic rings. The third-order valence-corrected chi connectivity index (χ3v) is 3.74. The van der Waals surface area contributed by atoms with E-state index in [4.69, 9.17) is 9.47 Å². The molecule has 25 heavy (non-hydrogen) atoms. The van der Waals surface area contributed by atoms with Gasteiger partial charge < -0.3 is 14.8 Å². The average Bonchev–Trinajstić information content (AvgIpc) is 2.61. The Hall–Kier alpha value is -3.22. The highest BCUT2D eigenvalue weighted by Crippen LogP contribution is 2.33. The standard InChI is InChI=1S/C18H18N2O5/c1-10-14(17(22)24-3)16(15(11(2)20-10)18(23)25-4)12-5-7-13(8-6-12)19-9-21/h5-9H,1-4H3,(H,19,21). The maximum atomic E-state index is 12.3. The third-order valence-electron chi connectivity index (χ3n) is 3.74. The number of ether oxygens (including phenoxy) is 2. The topological polar surface area (TPSA) is 94.6 Å². The molecule has 0 saturated carbocycles. The Bertz CT molecular complexity index is 788. The van der Waals surface area contributed by atoms with Gasteiger partial charge in [-0.05, 0) is 31.5 Å². The van der Waals surface area contributed by atoms with Crippen LogP contribution in [0.3, 0.4) is 0 Å². The predicted molar refractivity (Wildman–Crippen MR) is 91.5 cm³/mol. The average molecular weight is 342 g/mol. The molecular weight excluding hydrogens is 324 g/mol. The normalized spacial score (nSPS) is 10.1. The predicted octanol–water partition coefficient (Wildman–Crippen LogP) is 2.51. The maximum Gasteiger partial charge on any atom is 0.340 e. The zero-order chi connectivity index (χ0) is 18.6. The fourth-order valence-corrected chi connectivity index (χ4v) is 2.64. The second kappa shape index (κ2) is 7.57. The highest BCUT2D eigenvalue weighted by Gasteiger charge is 2.27. The molecule has 0 atom stereocenters. The number of aryl methyl sites for hydroxylation is 2. The van der Waals surface area contributed by atoms with E-state index in [1.54, 1.807) is 38.1 Å². The third kappa shape index (κ3) is 3.50. The lowest BCUT2D eigenvalue weighted by atomic mass is 9.92. The molecule has 1 N–H and O–H groups in total. The number of carbonyl (C=O) groups excluding carboxylic acids is 3. The Balaban J connectivity index is 2.81. The van der Waals surface area contributed by atoms with Crippen molar-refractivity contribution in [3.63, 3.8) is 0 Å². The monoisotopic (exact) mass is 342 g/mol. The Morgan fingerprint density at radius 1 is 0.960 bits per heavy atom. The van der Waals surface area contributed by atoms with Crippen LogP contribution >= 0.6 is 0 Å². The van der Waals surface area contributed by atoms with Crippen LogP contribution in [0.25, 0.3) is 11.1 Å². The Kier molecular flexibility index (Phi) is 5.49. The molecule has 0 fully saturated rings. The van der Waals surface area contributed by atoms with Crippen molar-refractivity contribution in [2.24, 2.45) is 0 Å². The van der Waals surface area contributed by atoms with Crippen molar-refractivity contribution in [3.05, 3.63) is 46.8 Å². The van der Waals surface area contributed by atoms with Gasteiger partial charge in [0, 0.05) is 11.3 Å². The van der Waals surface area contributed by atoms with Crippen LogP contribution in [-0.2, 0) is 14.3 Å². The van der Waals surface area contributed by atoms with Crippen molar-refractivity contribution in [2.45, 2.75) is 13.8 Å². The summed E-state index contributed by atoms with van der Waals surface area (Å²) in [5.74, 6) is -1.19. The van der Waals surface area contributed by atoms with Crippen molar-refractivity contribution < 1.29 is 23.9 Å². The summed E-state index contributed by atoms with van der Waals surface area (Å²) in [5, 5.41) is 2.53. The summed E-state index contributed by atoms with van der Waals surface area (Å²) >= 11 is 0. The van der Waals surface area contributed by atoms with Gasteiger partial charge in [-0.25, -0.2) is 9.59 Å². The van der Waals surface area contributed by atoms with Crippen LogP contribution in [0.15, 0.2) is 24.3 Å². The molecule has 2 aromatic rings. The number of methoxy groups -OCH3 is 2. The molecular formula is C18H18N2O5. The first-order valence-electron chi connectivity index (χ1n) is 7.43. The number of nitrogens with one attached hydrogen (secondary N) is 1. The number of nitrogens with zero attached hydrogens (tertiary/aromatic N) is 1. The summed E-state index contributed by atoms with van der Waals surface area (Å²) in [6.45, 7) is 3.35. The first-order valence-corrected chi connectivity index (χ1v) is 7.43. The molecule has 7 nitrogen and oxygen atoms in total. The first kappa shape index (κ1) is 18.1. The van der Waals surface area contributed by atoms with E-state index in [9.17, 15) is 14.4 Å². The number of amides is 1. The molecule has 1 aromatic heterocycles. The number of anilines is 1. The smallest absolute Gasteiger partial charge is 0.340 e. The van der Waals surface area contributed by atoms with Gasteiger partial charge in [-0.1, -0.05) is 12.1 Å². The number of pyridine rings is 1. The lowest BCUT2D eigenvalue weighted by Gasteiger charge is -2.17. The molecule has 0 aliphatic carbocycles. The maximum absolute atomic E-state index is 12.3. The van der Waals surface area contributed by atoms with Gasteiger partial charge in [-0.15, -0.1) is 0 Å². The van der Waals surface area contributed by atoms with Crippen LogP contribution < -0.4 is 5.32 Å². The second-order valence-corrected chi connectivity index (χ2v) is 5.23. The number of rotatable bonds is 5. The van der Waals surface area contributed by atoms with Gasteiger partial charge in [-0.3, -0.25) is 9.78 Å². The molecule has 0 saturated heterocycles. The molecule has 2 rings (SSSR count). The fraction of sp³-hybridized carbons (Fsp3) is 0.222. The number of hydrogen-bond donors (Lipinski definition) is 1. The molecule has 0 unspecified atom stereocenters. The van der Waals surface area contributed by atoms with Crippen LogP contribution in [0.5, 0.6) is 0 Å². The fourth-order valence-electron chi connectivity index (χ4n) is 2.64. The van der Waals surface area contributed by atoms with Crippen LogP contribution in [-0.4, -0.2) is 37.6 Å². The van der Waals surface area contributed by atoms with E-state index in [0.29, 0.717) is 34.6 Å². The second-order valence-electron chi connectivity index (χ2n) is 5.23. The van der Waals surface area contributed by atoms with Gasteiger partial charge in [0.15, 0.2) is 0 Å². The minimum atomic E-state index is -0.597. The minimum absolute atomic E-state index is 0.199. The van der Waals surface area contributed by atoms with E-state index in [-0.39, 0.29) is 11.1 Å².